The lowest BCUT2D eigenvalue weighted by Gasteiger charge is -2.04. The zero-order valence-corrected chi connectivity index (χ0v) is 16.2. The molecule has 2 aromatic carbocycles. The first-order valence-corrected chi connectivity index (χ1v) is 9.07. The van der Waals surface area contributed by atoms with Crippen molar-refractivity contribution >= 4 is 11.6 Å². The van der Waals surface area contributed by atoms with Crippen LogP contribution < -0.4 is 10.1 Å². The molecule has 29 heavy (non-hydrogen) atoms. The number of hydrogen-bond acceptors (Lipinski definition) is 6. The van der Waals surface area contributed by atoms with Crippen LogP contribution in [-0.4, -0.2) is 29.5 Å². The van der Waals surface area contributed by atoms with Crippen LogP contribution in [0.15, 0.2) is 52.9 Å². The maximum Gasteiger partial charge on any atom is 0.269 e. The number of carbonyl (C=O) groups excluding carboxylic acids is 1. The Labute approximate surface area is 167 Å². The van der Waals surface area contributed by atoms with Gasteiger partial charge in [0.1, 0.15) is 11.5 Å². The molecule has 0 saturated heterocycles. The van der Waals surface area contributed by atoms with Crippen molar-refractivity contribution in [3.63, 3.8) is 0 Å². The van der Waals surface area contributed by atoms with Crippen molar-refractivity contribution in [3.8, 4) is 17.2 Å². The highest BCUT2D eigenvalue weighted by molar-refractivity contribution is 5.78. The highest BCUT2D eigenvalue weighted by Crippen LogP contribution is 2.24. The van der Waals surface area contributed by atoms with Crippen molar-refractivity contribution in [2.45, 2.75) is 19.8 Å². The molecular formula is C21H21N3O5. The standard InChI is InChI=1S/C21H21N3O5/c1-14-19(23-21(29-14)16-5-9-18(28-2)10-6-16)13-20(25)22-12-11-15-3-7-17(8-4-15)24(26)27/h3-10H,11-13H2,1-2H3,(H,22,25). The van der Waals surface area contributed by atoms with Gasteiger partial charge in [-0.15, -0.1) is 0 Å². The Morgan fingerprint density at radius 3 is 2.48 bits per heavy atom. The lowest BCUT2D eigenvalue weighted by atomic mass is 10.1. The smallest absolute Gasteiger partial charge is 0.269 e. The molecule has 3 aromatic rings. The third-order valence-electron chi connectivity index (χ3n) is 4.44. The van der Waals surface area contributed by atoms with E-state index in [0.29, 0.717) is 30.3 Å². The van der Waals surface area contributed by atoms with E-state index >= 15 is 0 Å². The second-order valence-corrected chi connectivity index (χ2v) is 6.45. The number of ether oxygens (including phenoxy) is 1. The zero-order chi connectivity index (χ0) is 20.8. The summed E-state index contributed by atoms with van der Waals surface area (Å²) < 4.78 is 10.8. The van der Waals surface area contributed by atoms with Crippen LogP contribution in [0, 0.1) is 17.0 Å². The molecule has 3 rings (SSSR count). The van der Waals surface area contributed by atoms with Gasteiger partial charge in [-0.25, -0.2) is 4.98 Å². The minimum absolute atomic E-state index is 0.0481. The van der Waals surface area contributed by atoms with Crippen molar-refractivity contribution in [1.82, 2.24) is 10.3 Å². The van der Waals surface area contributed by atoms with Gasteiger partial charge in [-0.2, -0.15) is 0 Å². The summed E-state index contributed by atoms with van der Waals surface area (Å²) in [6.07, 6.45) is 0.699. The molecular weight excluding hydrogens is 374 g/mol. The molecule has 0 radical (unpaired) electrons. The molecule has 1 aromatic heterocycles. The Hall–Kier alpha value is -3.68. The van der Waals surface area contributed by atoms with E-state index in [1.165, 1.54) is 12.1 Å². The van der Waals surface area contributed by atoms with Gasteiger partial charge in [0.2, 0.25) is 11.8 Å². The second-order valence-electron chi connectivity index (χ2n) is 6.45. The van der Waals surface area contributed by atoms with Crippen LogP contribution in [0.3, 0.4) is 0 Å². The molecule has 1 N–H and O–H groups in total. The number of nitro groups is 1. The number of non-ortho nitro benzene ring substituents is 1. The van der Waals surface area contributed by atoms with Crippen LogP contribution in [0.2, 0.25) is 0 Å². The number of methoxy groups -OCH3 is 1. The van der Waals surface area contributed by atoms with E-state index in [0.717, 1.165) is 16.9 Å². The average molecular weight is 395 g/mol. The lowest BCUT2D eigenvalue weighted by molar-refractivity contribution is -0.384. The number of nitro benzene ring substituents is 1. The van der Waals surface area contributed by atoms with Gasteiger partial charge in [-0.05, 0) is 43.2 Å². The van der Waals surface area contributed by atoms with Gasteiger partial charge in [0, 0.05) is 24.2 Å². The molecule has 1 amide bonds. The fourth-order valence-electron chi connectivity index (χ4n) is 2.79. The fraction of sp³-hybridized carbons (Fsp3) is 0.238. The van der Waals surface area contributed by atoms with Crippen molar-refractivity contribution in [2.24, 2.45) is 0 Å². The molecule has 0 unspecified atom stereocenters. The van der Waals surface area contributed by atoms with Gasteiger partial charge >= 0.3 is 0 Å². The van der Waals surface area contributed by atoms with Gasteiger partial charge in [-0.3, -0.25) is 14.9 Å². The van der Waals surface area contributed by atoms with E-state index in [1.54, 1.807) is 26.2 Å². The number of hydrogen-bond donors (Lipinski definition) is 1. The molecule has 8 heteroatoms. The predicted octanol–water partition coefficient (Wildman–Crippen LogP) is 3.47. The summed E-state index contributed by atoms with van der Waals surface area (Å²) in [6.45, 7) is 2.21. The van der Waals surface area contributed by atoms with Crippen LogP contribution in [0.1, 0.15) is 17.0 Å². The molecule has 0 aliphatic rings. The lowest BCUT2D eigenvalue weighted by Crippen LogP contribution is -2.27. The highest BCUT2D eigenvalue weighted by atomic mass is 16.6. The summed E-state index contributed by atoms with van der Waals surface area (Å²) >= 11 is 0. The number of benzene rings is 2. The summed E-state index contributed by atoms with van der Waals surface area (Å²) in [5.41, 5.74) is 2.35. The molecule has 0 atom stereocenters. The number of nitrogens with zero attached hydrogens (tertiary/aromatic N) is 2. The molecule has 0 fully saturated rings. The monoisotopic (exact) mass is 395 g/mol. The summed E-state index contributed by atoms with van der Waals surface area (Å²) in [7, 11) is 1.60. The van der Waals surface area contributed by atoms with Gasteiger partial charge in [0.05, 0.1) is 24.1 Å². The van der Waals surface area contributed by atoms with Crippen LogP contribution in [0.5, 0.6) is 5.75 Å². The Morgan fingerprint density at radius 1 is 1.17 bits per heavy atom. The summed E-state index contributed by atoms with van der Waals surface area (Å²) in [6, 6.07) is 13.6. The van der Waals surface area contributed by atoms with Crippen LogP contribution >= 0.6 is 0 Å². The summed E-state index contributed by atoms with van der Waals surface area (Å²) in [5.74, 6) is 1.63. The van der Waals surface area contributed by atoms with Crippen LogP contribution in [0.25, 0.3) is 11.5 Å². The molecule has 0 bridgehead atoms. The van der Waals surface area contributed by atoms with E-state index < -0.39 is 4.92 Å². The van der Waals surface area contributed by atoms with E-state index in [-0.39, 0.29) is 18.0 Å². The number of aryl methyl sites for hydroxylation is 1. The van der Waals surface area contributed by atoms with Crippen molar-refractivity contribution in [2.75, 3.05) is 13.7 Å². The average Bonchev–Trinajstić information content (AvgIpc) is 3.08. The Kier molecular flexibility index (Phi) is 6.23. The fourth-order valence-corrected chi connectivity index (χ4v) is 2.79. The van der Waals surface area contributed by atoms with E-state index in [4.69, 9.17) is 9.15 Å². The number of nitrogens with one attached hydrogen (secondary N) is 1. The maximum absolute atomic E-state index is 12.2. The van der Waals surface area contributed by atoms with E-state index in [2.05, 4.69) is 10.3 Å². The van der Waals surface area contributed by atoms with Gasteiger partial charge in [0.25, 0.3) is 5.69 Å². The maximum atomic E-state index is 12.2. The Bertz CT molecular complexity index is 994. The number of oxazole rings is 1. The molecule has 0 aliphatic carbocycles. The first-order valence-electron chi connectivity index (χ1n) is 9.07. The number of rotatable bonds is 8. The Balaban J connectivity index is 1.53. The predicted molar refractivity (Wildman–Crippen MR) is 107 cm³/mol. The minimum Gasteiger partial charge on any atom is -0.497 e. The topological polar surface area (TPSA) is 108 Å². The first kappa shape index (κ1) is 20.1. The quantitative estimate of drug-likeness (QED) is 0.462. The van der Waals surface area contributed by atoms with Crippen LogP contribution in [-0.2, 0) is 17.6 Å². The number of amides is 1. The molecule has 0 aliphatic heterocycles. The van der Waals surface area contributed by atoms with E-state index in [9.17, 15) is 14.9 Å². The molecule has 0 spiro atoms. The van der Waals surface area contributed by atoms with Gasteiger partial charge in [0.15, 0.2) is 0 Å². The van der Waals surface area contributed by atoms with E-state index in [1.807, 2.05) is 24.3 Å². The number of carbonyl (C=O) groups is 1. The molecule has 8 nitrogen and oxygen atoms in total. The number of aromatic nitrogens is 1. The van der Waals surface area contributed by atoms with Gasteiger partial charge < -0.3 is 14.5 Å². The third-order valence-corrected chi connectivity index (χ3v) is 4.44. The van der Waals surface area contributed by atoms with Gasteiger partial charge in [-0.1, -0.05) is 12.1 Å². The second kappa shape index (κ2) is 9.01. The summed E-state index contributed by atoms with van der Waals surface area (Å²) in [4.78, 5) is 26.9. The minimum atomic E-state index is -0.438. The third kappa shape index (κ3) is 5.19. The summed E-state index contributed by atoms with van der Waals surface area (Å²) in [5, 5.41) is 13.5. The Morgan fingerprint density at radius 2 is 1.86 bits per heavy atom. The molecule has 150 valence electrons. The van der Waals surface area contributed by atoms with Crippen molar-refractivity contribution in [3.05, 3.63) is 75.7 Å². The SMILES string of the molecule is COc1ccc(-c2nc(CC(=O)NCCc3ccc([N+](=O)[O-])cc3)c(C)o2)cc1. The normalized spacial score (nSPS) is 10.6. The largest absolute Gasteiger partial charge is 0.497 e. The molecule has 0 saturated carbocycles. The highest BCUT2D eigenvalue weighted by Gasteiger charge is 2.15. The van der Waals surface area contributed by atoms with Crippen LogP contribution in [0.4, 0.5) is 5.69 Å². The van der Waals surface area contributed by atoms with Crippen molar-refractivity contribution < 1.29 is 18.9 Å². The first-order chi connectivity index (χ1) is 14.0. The molecule has 1 heterocycles. The zero-order valence-electron chi connectivity index (χ0n) is 16.2. The van der Waals surface area contributed by atoms with Crippen molar-refractivity contribution in [1.29, 1.82) is 0 Å².